The summed E-state index contributed by atoms with van der Waals surface area (Å²) in [4.78, 5) is 2.19. The molecular weight excluding hydrogens is 228 g/mol. The van der Waals surface area contributed by atoms with Gasteiger partial charge in [0.05, 0.1) is 11.8 Å². The summed E-state index contributed by atoms with van der Waals surface area (Å²) in [6, 6.07) is 0. The van der Waals surface area contributed by atoms with Crippen molar-refractivity contribution in [2.24, 2.45) is 0 Å². The summed E-state index contributed by atoms with van der Waals surface area (Å²) in [5.74, 6) is 0. The summed E-state index contributed by atoms with van der Waals surface area (Å²) < 4.78 is 1.92. The maximum absolute atomic E-state index is 10.4. The zero-order chi connectivity index (χ0) is 13.0. The van der Waals surface area contributed by atoms with Crippen LogP contribution in [-0.4, -0.2) is 52.1 Å². The molecule has 5 nitrogen and oxygen atoms in total. The molecule has 0 radical (unpaired) electrons. The van der Waals surface area contributed by atoms with Crippen LogP contribution in [0.15, 0.2) is 12.4 Å². The normalized spacial score (nSPS) is 25.5. The monoisotopic (exact) mass is 252 g/mol. The molecule has 18 heavy (non-hydrogen) atoms. The number of aromatic nitrogens is 2. The fraction of sp³-hybridized carbons (Fsp3) is 0.769. The molecule has 1 fully saturated rings. The highest BCUT2D eigenvalue weighted by Gasteiger charge is 2.31. The maximum atomic E-state index is 10.4. The molecule has 1 atom stereocenters. The molecule has 1 saturated heterocycles. The van der Waals surface area contributed by atoms with Crippen molar-refractivity contribution >= 4 is 0 Å². The van der Waals surface area contributed by atoms with Crippen molar-refractivity contribution < 1.29 is 5.11 Å². The lowest BCUT2D eigenvalue weighted by Gasteiger charge is -2.37. The van der Waals surface area contributed by atoms with Gasteiger partial charge in [0.25, 0.3) is 0 Å². The van der Waals surface area contributed by atoms with Gasteiger partial charge in [0, 0.05) is 37.9 Å². The Hall–Kier alpha value is -0.910. The Morgan fingerprint density at radius 3 is 3.06 bits per heavy atom. The molecule has 0 aromatic carbocycles. The lowest BCUT2D eigenvalue weighted by atomic mass is 9.93. The number of β-amino-alcohol motifs (C(OH)–C–C–N with tert-alkyl or cyclic N) is 1. The van der Waals surface area contributed by atoms with Crippen molar-refractivity contribution in [3.63, 3.8) is 0 Å². The van der Waals surface area contributed by atoms with Crippen LogP contribution in [0.3, 0.4) is 0 Å². The minimum Gasteiger partial charge on any atom is -0.387 e. The molecule has 0 aliphatic carbocycles. The van der Waals surface area contributed by atoms with E-state index in [0.717, 1.165) is 39.0 Å². The van der Waals surface area contributed by atoms with Crippen LogP contribution in [0.25, 0.3) is 0 Å². The Bertz CT molecular complexity index is 379. The van der Waals surface area contributed by atoms with E-state index < -0.39 is 5.60 Å². The lowest BCUT2D eigenvalue weighted by molar-refractivity contribution is -0.0218. The third kappa shape index (κ3) is 3.54. The number of hydrogen-bond donors (Lipinski definition) is 2. The Labute approximate surface area is 109 Å². The smallest absolute Gasteiger partial charge is 0.0898 e. The van der Waals surface area contributed by atoms with Gasteiger partial charge in [-0.05, 0) is 33.4 Å². The van der Waals surface area contributed by atoms with Crippen molar-refractivity contribution in [1.82, 2.24) is 20.0 Å². The highest BCUT2D eigenvalue weighted by Crippen LogP contribution is 2.19. The summed E-state index contributed by atoms with van der Waals surface area (Å²) in [7, 11) is 2.06. The number of hydrogen-bond acceptors (Lipinski definition) is 4. The minimum atomic E-state index is -0.576. The first kappa shape index (κ1) is 13.5. The molecule has 2 rings (SSSR count). The quantitative estimate of drug-likeness (QED) is 0.799. The average Bonchev–Trinajstić information content (AvgIpc) is 2.76. The van der Waals surface area contributed by atoms with Gasteiger partial charge >= 0.3 is 0 Å². The van der Waals surface area contributed by atoms with Crippen molar-refractivity contribution in [1.29, 1.82) is 0 Å². The first-order valence-corrected chi connectivity index (χ1v) is 6.74. The molecular formula is C13H24N4O. The molecule has 0 amide bonds. The molecule has 0 unspecified atom stereocenters. The Morgan fingerprint density at radius 2 is 2.39 bits per heavy atom. The standard InChI is InChI=1S/C13H24N4O/c1-3-17-9-12(8-15-17)7-14-10-13(18)5-4-6-16(2)11-13/h8-9,14,18H,3-7,10-11H2,1-2H3/t13-/m0/s1. The summed E-state index contributed by atoms with van der Waals surface area (Å²) in [5, 5.41) is 18.0. The second-order valence-electron chi connectivity index (χ2n) is 5.37. The van der Waals surface area contributed by atoms with Crippen LogP contribution in [-0.2, 0) is 13.1 Å². The van der Waals surface area contributed by atoms with E-state index in [-0.39, 0.29) is 0 Å². The number of aryl methyl sites for hydroxylation is 1. The van der Waals surface area contributed by atoms with E-state index in [0.29, 0.717) is 6.54 Å². The van der Waals surface area contributed by atoms with Crippen molar-refractivity contribution in [2.45, 2.75) is 38.5 Å². The van der Waals surface area contributed by atoms with Gasteiger partial charge in [-0.2, -0.15) is 5.10 Å². The van der Waals surface area contributed by atoms with E-state index in [1.165, 1.54) is 5.56 Å². The van der Waals surface area contributed by atoms with Crippen LogP contribution < -0.4 is 5.32 Å². The zero-order valence-corrected chi connectivity index (χ0v) is 11.4. The van der Waals surface area contributed by atoms with Crippen LogP contribution in [0.4, 0.5) is 0 Å². The SMILES string of the molecule is CCn1cc(CNC[C@@]2(O)CCCN(C)C2)cn1. The van der Waals surface area contributed by atoms with E-state index in [4.69, 9.17) is 0 Å². The number of rotatable bonds is 5. The number of likely N-dealkylation sites (tertiary alicyclic amines) is 1. The second kappa shape index (κ2) is 5.82. The van der Waals surface area contributed by atoms with E-state index in [9.17, 15) is 5.11 Å². The molecule has 102 valence electrons. The average molecular weight is 252 g/mol. The van der Waals surface area contributed by atoms with Gasteiger partial charge in [-0.3, -0.25) is 4.68 Å². The van der Waals surface area contributed by atoms with E-state index in [2.05, 4.69) is 29.3 Å². The highest BCUT2D eigenvalue weighted by atomic mass is 16.3. The number of likely N-dealkylation sites (N-methyl/N-ethyl adjacent to an activating group) is 1. The van der Waals surface area contributed by atoms with Crippen LogP contribution in [0.5, 0.6) is 0 Å². The molecule has 0 spiro atoms. The second-order valence-corrected chi connectivity index (χ2v) is 5.37. The van der Waals surface area contributed by atoms with E-state index >= 15 is 0 Å². The molecule has 1 aromatic heterocycles. The molecule has 1 aromatic rings. The van der Waals surface area contributed by atoms with Gasteiger partial charge in [0.1, 0.15) is 0 Å². The van der Waals surface area contributed by atoms with Crippen molar-refractivity contribution in [3.8, 4) is 0 Å². The van der Waals surface area contributed by atoms with E-state index in [1.807, 2.05) is 17.1 Å². The first-order chi connectivity index (χ1) is 8.61. The first-order valence-electron chi connectivity index (χ1n) is 6.74. The molecule has 0 saturated carbocycles. The Morgan fingerprint density at radius 1 is 1.56 bits per heavy atom. The van der Waals surface area contributed by atoms with Crippen LogP contribution in [0, 0.1) is 0 Å². The number of piperidine rings is 1. The highest BCUT2D eigenvalue weighted by molar-refractivity contribution is 5.03. The number of nitrogens with one attached hydrogen (secondary N) is 1. The predicted octanol–water partition coefficient (Wildman–Crippen LogP) is 0.449. The fourth-order valence-corrected chi connectivity index (χ4v) is 2.59. The zero-order valence-electron chi connectivity index (χ0n) is 11.4. The van der Waals surface area contributed by atoms with Crippen molar-refractivity contribution in [2.75, 3.05) is 26.7 Å². The third-order valence-corrected chi connectivity index (χ3v) is 3.54. The van der Waals surface area contributed by atoms with Crippen LogP contribution >= 0.6 is 0 Å². The van der Waals surface area contributed by atoms with Crippen molar-refractivity contribution in [3.05, 3.63) is 18.0 Å². The van der Waals surface area contributed by atoms with E-state index in [1.54, 1.807) is 0 Å². The van der Waals surface area contributed by atoms with Gasteiger partial charge in [-0.15, -0.1) is 0 Å². The summed E-state index contributed by atoms with van der Waals surface area (Å²) in [6.45, 7) is 6.24. The van der Waals surface area contributed by atoms with Gasteiger partial charge < -0.3 is 15.3 Å². The topological polar surface area (TPSA) is 53.3 Å². The van der Waals surface area contributed by atoms with Gasteiger partial charge in [-0.1, -0.05) is 0 Å². The molecule has 1 aliphatic rings. The Balaban J connectivity index is 1.77. The van der Waals surface area contributed by atoms with Gasteiger partial charge in [0.15, 0.2) is 0 Å². The van der Waals surface area contributed by atoms with Crippen LogP contribution in [0.1, 0.15) is 25.3 Å². The summed E-state index contributed by atoms with van der Waals surface area (Å²) in [6.07, 6.45) is 5.89. The van der Waals surface area contributed by atoms with Crippen LogP contribution in [0.2, 0.25) is 0 Å². The predicted molar refractivity (Wildman–Crippen MR) is 71.3 cm³/mol. The Kier molecular flexibility index (Phi) is 4.37. The van der Waals surface area contributed by atoms with Gasteiger partial charge in [0.2, 0.25) is 0 Å². The third-order valence-electron chi connectivity index (χ3n) is 3.54. The molecule has 0 bridgehead atoms. The summed E-state index contributed by atoms with van der Waals surface area (Å²) in [5.41, 5.74) is 0.595. The molecule has 5 heteroatoms. The fourth-order valence-electron chi connectivity index (χ4n) is 2.59. The molecule has 2 N–H and O–H groups in total. The number of nitrogens with zero attached hydrogens (tertiary/aromatic N) is 3. The molecule has 2 heterocycles. The minimum absolute atomic E-state index is 0.576. The molecule has 1 aliphatic heterocycles. The summed E-state index contributed by atoms with van der Waals surface area (Å²) >= 11 is 0. The van der Waals surface area contributed by atoms with Gasteiger partial charge in [-0.25, -0.2) is 0 Å². The number of aliphatic hydroxyl groups is 1. The largest absolute Gasteiger partial charge is 0.387 e. The lowest BCUT2D eigenvalue weighted by Crippen LogP contribution is -2.52. The maximum Gasteiger partial charge on any atom is 0.0898 e.